The molecule has 8 heteroatoms. The minimum atomic E-state index is -0.845. The van der Waals surface area contributed by atoms with Gasteiger partial charge in [0.2, 0.25) is 5.91 Å². The van der Waals surface area contributed by atoms with E-state index < -0.39 is 10.7 Å². The number of aliphatic carboxylic acids is 1. The highest BCUT2D eigenvalue weighted by Crippen LogP contribution is 2.16. The predicted octanol–water partition coefficient (Wildman–Crippen LogP) is 2.26. The first kappa shape index (κ1) is 20.0. The van der Waals surface area contributed by atoms with Crippen molar-refractivity contribution < 1.29 is 19.4 Å². The quantitative estimate of drug-likeness (QED) is 0.274. The van der Waals surface area contributed by atoms with Crippen LogP contribution in [0.25, 0.3) is 0 Å². The van der Waals surface area contributed by atoms with Gasteiger partial charge in [-0.1, -0.05) is 13.8 Å². The molecule has 24 heavy (non-hydrogen) atoms. The van der Waals surface area contributed by atoms with E-state index >= 15 is 0 Å². The number of nitrogens with zero attached hydrogens (tertiary/aromatic N) is 2. The molecule has 0 spiro atoms. The van der Waals surface area contributed by atoms with Gasteiger partial charge in [0.15, 0.2) is 0 Å². The third kappa shape index (κ3) is 8.52. The maximum Gasteiger partial charge on any atom is 0.303 e. The molecule has 1 heterocycles. The number of carbonyl (C=O) groups excluding carboxylic acids is 1. The number of pyridine rings is 1. The van der Waals surface area contributed by atoms with E-state index in [-0.39, 0.29) is 18.7 Å². The topological polar surface area (TPSA) is 101 Å². The molecule has 7 nitrogen and oxygen atoms in total. The van der Waals surface area contributed by atoms with Crippen LogP contribution in [0.4, 0.5) is 0 Å². The molecule has 0 saturated carbocycles. The van der Waals surface area contributed by atoms with Crippen molar-refractivity contribution in [1.29, 1.82) is 0 Å². The first-order valence-corrected chi connectivity index (χ1v) is 7.98. The molecule has 0 aliphatic carbocycles. The van der Waals surface area contributed by atoms with Crippen molar-refractivity contribution in [2.24, 2.45) is 5.10 Å². The first-order chi connectivity index (χ1) is 11.2. The predicted molar refractivity (Wildman–Crippen MR) is 94.6 cm³/mol. The van der Waals surface area contributed by atoms with E-state index in [0.29, 0.717) is 30.2 Å². The fraction of sp³-hybridized carbons (Fsp3) is 0.500. The summed E-state index contributed by atoms with van der Waals surface area (Å²) >= 11 is 4.30. The van der Waals surface area contributed by atoms with E-state index in [1.165, 1.54) is 6.20 Å². The molecular formula is C16H23N3O4S. The second-order valence-corrected chi connectivity index (χ2v) is 7.16. The Morgan fingerprint density at radius 1 is 1.42 bits per heavy atom. The van der Waals surface area contributed by atoms with Gasteiger partial charge < -0.3 is 9.84 Å². The Morgan fingerprint density at radius 2 is 2.12 bits per heavy atom. The molecule has 1 aromatic heterocycles. The Kier molecular flexibility index (Phi) is 7.70. The Labute approximate surface area is 146 Å². The van der Waals surface area contributed by atoms with Gasteiger partial charge in [-0.2, -0.15) is 17.7 Å². The Morgan fingerprint density at radius 3 is 2.67 bits per heavy atom. The largest absolute Gasteiger partial charge is 0.492 e. The average molecular weight is 353 g/mol. The average Bonchev–Trinajstić information content (AvgIpc) is 2.48. The number of carboxylic acids is 1. The third-order valence-corrected chi connectivity index (χ3v) is 3.01. The molecule has 0 saturated heterocycles. The highest BCUT2D eigenvalue weighted by molar-refractivity contribution is 7.81. The normalized spacial score (nSPS) is 11.9. The summed E-state index contributed by atoms with van der Waals surface area (Å²) in [6, 6.07) is 3.45. The number of thiol groups is 1. The number of hydrogen-bond acceptors (Lipinski definition) is 6. The van der Waals surface area contributed by atoms with Crippen molar-refractivity contribution in [2.75, 3.05) is 6.61 Å². The number of hydrogen-bond donors (Lipinski definition) is 3. The number of amides is 1. The van der Waals surface area contributed by atoms with Crippen molar-refractivity contribution in [3.8, 4) is 5.75 Å². The van der Waals surface area contributed by atoms with Gasteiger partial charge in [0, 0.05) is 17.6 Å². The zero-order valence-electron chi connectivity index (χ0n) is 14.1. The second-order valence-electron chi connectivity index (χ2n) is 5.95. The van der Waals surface area contributed by atoms with Crippen LogP contribution in [0.3, 0.4) is 0 Å². The maximum absolute atomic E-state index is 11.7. The summed E-state index contributed by atoms with van der Waals surface area (Å²) in [6.07, 6.45) is 2.29. The SMILES string of the molecule is C/C(=N\NC(=O)CC(C)(C)S)c1ccc(OCCCC(=O)O)cn1. The first-order valence-electron chi connectivity index (χ1n) is 7.54. The van der Waals surface area contributed by atoms with E-state index in [1.54, 1.807) is 19.1 Å². The van der Waals surface area contributed by atoms with Crippen LogP contribution in [0.2, 0.25) is 0 Å². The number of nitrogens with one attached hydrogen (secondary N) is 1. The van der Waals surface area contributed by atoms with Crippen molar-refractivity contribution in [3.63, 3.8) is 0 Å². The zero-order chi connectivity index (χ0) is 18.2. The summed E-state index contributed by atoms with van der Waals surface area (Å²) in [4.78, 5) is 26.3. The molecule has 132 valence electrons. The lowest BCUT2D eigenvalue weighted by molar-refractivity contribution is -0.137. The van der Waals surface area contributed by atoms with E-state index in [0.717, 1.165) is 0 Å². The van der Waals surface area contributed by atoms with Gasteiger partial charge in [0.1, 0.15) is 5.75 Å². The standard InChI is InChI=1S/C16H23N3O4S/c1-11(18-19-14(20)9-16(2,3)24)13-7-6-12(10-17-13)23-8-4-5-15(21)22/h6-7,10,24H,4-5,8-9H2,1-3H3,(H,19,20)(H,21,22)/b18-11+. The second kappa shape index (κ2) is 9.27. The highest BCUT2D eigenvalue weighted by Gasteiger charge is 2.16. The van der Waals surface area contributed by atoms with Gasteiger partial charge in [-0.05, 0) is 25.5 Å². The molecule has 2 N–H and O–H groups in total. The van der Waals surface area contributed by atoms with Crippen LogP contribution in [0.15, 0.2) is 23.4 Å². The lowest BCUT2D eigenvalue weighted by Gasteiger charge is -2.15. The fourth-order valence-corrected chi connectivity index (χ4v) is 1.87. The van der Waals surface area contributed by atoms with Crippen LogP contribution in [-0.2, 0) is 9.59 Å². The molecule has 0 aliphatic heterocycles. The molecule has 1 rings (SSSR count). The van der Waals surface area contributed by atoms with Gasteiger partial charge in [0.25, 0.3) is 0 Å². The fourth-order valence-electron chi connectivity index (χ4n) is 1.73. The van der Waals surface area contributed by atoms with Gasteiger partial charge in [-0.15, -0.1) is 0 Å². The van der Waals surface area contributed by atoms with E-state index in [9.17, 15) is 9.59 Å². The van der Waals surface area contributed by atoms with Crippen molar-refractivity contribution >= 4 is 30.2 Å². The summed E-state index contributed by atoms with van der Waals surface area (Å²) < 4.78 is 5.00. The summed E-state index contributed by atoms with van der Waals surface area (Å²) in [5, 5.41) is 12.6. The van der Waals surface area contributed by atoms with Gasteiger partial charge in [0.05, 0.1) is 24.2 Å². The monoisotopic (exact) mass is 353 g/mol. The van der Waals surface area contributed by atoms with Gasteiger partial charge >= 0.3 is 5.97 Å². The van der Waals surface area contributed by atoms with E-state index in [1.807, 2.05) is 13.8 Å². The number of carboxylic acid groups (broad SMARTS) is 1. The molecular weight excluding hydrogens is 330 g/mol. The van der Waals surface area contributed by atoms with Crippen LogP contribution in [0.1, 0.15) is 45.7 Å². The number of aromatic nitrogens is 1. The lowest BCUT2D eigenvalue weighted by Crippen LogP contribution is -2.26. The van der Waals surface area contributed by atoms with Crippen molar-refractivity contribution in [2.45, 2.75) is 44.8 Å². The van der Waals surface area contributed by atoms with Crippen molar-refractivity contribution in [3.05, 3.63) is 24.0 Å². The van der Waals surface area contributed by atoms with Crippen molar-refractivity contribution in [1.82, 2.24) is 10.4 Å². The number of carbonyl (C=O) groups is 2. The minimum absolute atomic E-state index is 0.0695. The molecule has 1 amide bonds. The van der Waals surface area contributed by atoms with Crippen LogP contribution < -0.4 is 10.2 Å². The maximum atomic E-state index is 11.7. The van der Waals surface area contributed by atoms with Crippen LogP contribution in [-0.4, -0.2) is 39.0 Å². The lowest BCUT2D eigenvalue weighted by atomic mass is 10.1. The molecule has 0 radical (unpaired) electrons. The number of rotatable bonds is 9. The third-order valence-electron chi connectivity index (χ3n) is 2.85. The smallest absolute Gasteiger partial charge is 0.303 e. The van der Waals surface area contributed by atoms with Gasteiger partial charge in [-0.3, -0.25) is 14.6 Å². The molecule has 0 aliphatic rings. The Hall–Kier alpha value is -2.09. The number of hydrazone groups is 1. The van der Waals surface area contributed by atoms with Crippen LogP contribution in [0, 0.1) is 0 Å². The molecule has 1 aromatic rings. The number of ether oxygens (including phenoxy) is 1. The van der Waals surface area contributed by atoms with Crippen LogP contribution in [0.5, 0.6) is 5.75 Å². The minimum Gasteiger partial charge on any atom is -0.492 e. The van der Waals surface area contributed by atoms with E-state index in [4.69, 9.17) is 9.84 Å². The summed E-state index contributed by atoms with van der Waals surface area (Å²) in [5.41, 5.74) is 3.65. The molecule has 0 unspecified atom stereocenters. The summed E-state index contributed by atoms with van der Waals surface area (Å²) in [6.45, 7) is 5.75. The molecule has 0 aromatic carbocycles. The molecule has 0 atom stereocenters. The molecule has 0 bridgehead atoms. The molecule has 0 fully saturated rings. The van der Waals surface area contributed by atoms with Crippen LogP contribution >= 0.6 is 12.6 Å². The van der Waals surface area contributed by atoms with E-state index in [2.05, 4.69) is 28.1 Å². The summed E-state index contributed by atoms with van der Waals surface area (Å²) in [5.74, 6) is -0.507. The zero-order valence-corrected chi connectivity index (χ0v) is 15.0. The Balaban J connectivity index is 2.50. The summed E-state index contributed by atoms with van der Waals surface area (Å²) in [7, 11) is 0. The highest BCUT2D eigenvalue weighted by atomic mass is 32.1. The Bertz CT molecular complexity index is 594. The van der Waals surface area contributed by atoms with Gasteiger partial charge in [-0.25, -0.2) is 5.43 Å².